The van der Waals surface area contributed by atoms with Crippen LogP contribution in [-0.4, -0.2) is 9.97 Å². The molecule has 2 N–H and O–H groups in total. The van der Waals surface area contributed by atoms with Crippen molar-refractivity contribution >= 4 is 11.6 Å². The van der Waals surface area contributed by atoms with E-state index < -0.39 is 0 Å². The highest BCUT2D eigenvalue weighted by atomic mass is 35.5. The van der Waals surface area contributed by atoms with Crippen molar-refractivity contribution in [1.82, 2.24) is 9.97 Å². The molecule has 0 saturated heterocycles. The van der Waals surface area contributed by atoms with Gasteiger partial charge in [0.1, 0.15) is 0 Å². The third-order valence-corrected chi connectivity index (χ3v) is 2.54. The first-order chi connectivity index (χ1) is 7.75. The number of nitrogens with two attached hydrogens (primary N) is 1. The van der Waals surface area contributed by atoms with Gasteiger partial charge in [0, 0.05) is 23.6 Å². The molecule has 1 aromatic carbocycles. The van der Waals surface area contributed by atoms with E-state index in [1.54, 1.807) is 18.6 Å². The molecule has 0 spiro atoms. The van der Waals surface area contributed by atoms with Gasteiger partial charge in [-0.2, -0.15) is 0 Å². The van der Waals surface area contributed by atoms with Crippen molar-refractivity contribution in [3.63, 3.8) is 0 Å². The van der Waals surface area contributed by atoms with E-state index in [1.165, 1.54) is 0 Å². The zero-order chi connectivity index (χ0) is 11.4. The molecule has 0 aliphatic carbocycles. The third-order valence-electron chi connectivity index (χ3n) is 2.31. The molecule has 0 aliphatic rings. The van der Waals surface area contributed by atoms with Crippen molar-refractivity contribution in [2.45, 2.75) is 12.5 Å². The molecule has 1 heterocycles. The van der Waals surface area contributed by atoms with E-state index in [9.17, 15) is 0 Å². The standard InChI is InChI=1S/C12H12ClN3/c13-10-3-1-2-9(6-10)7-11(14)12-8-15-4-5-16-12/h1-6,8,11H,7,14H2. The first kappa shape index (κ1) is 11.0. The van der Waals surface area contributed by atoms with Gasteiger partial charge in [-0.05, 0) is 24.1 Å². The number of aromatic nitrogens is 2. The van der Waals surface area contributed by atoms with Crippen LogP contribution in [0.25, 0.3) is 0 Å². The summed E-state index contributed by atoms with van der Waals surface area (Å²) in [7, 11) is 0. The Hall–Kier alpha value is -1.45. The fourth-order valence-electron chi connectivity index (χ4n) is 1.52. The Kier molecular flexibility index (Phi) is 3.49. The highest BCUT2D eigenvalue weighted by Gasteiger charge is 2.08. The predicted molar refractivity (Wildman–Crippen MR) is 64.1 cm³/mol. The normalized spacial score (nSPS) is 12.4. The Balaban J connectivity index is 2.11. The van der Waals surface area contributed by atoms with Crippen LogP contribution in [0.15, 0.2) is 42.9 Å². The molecule has 1 aromatic heterocycles. The van der Waals surface area contributed by atoms with Gasteiger partial charge in [-0.15, -0.1) is 0 Å². The van der Waals surface area contributed by atoms with Crippen molar-refractivity contribution in [3.8, 4) is 0 Å². The summed E-state index contributed by atoms with van der Waals surface area (Å²) >= 11 is 5.91. The highest BCUT2D eigenvalue weighted by Crippen LogP contribution is 2.16. The predicted octanol–water partition coefficient (Wildman–Crippen LogP) is 2.37. The van der Waals surface area contributed by atoms with E-state index in [2.05, 4.69) is 9.97 Å². The van der Waals surface area contributed by atoms with Gasteiger partial charge in [0.05, 0.1) is 11.7 Å². The molecule has 0 aliphatic heterocycles. The third kappa shape index (κ3) is 2.78. The van der Waals surface area contributed by atoms with E-state index in [0.29, 0.717) is 6.42 Å². The Morgan fingerprint density at radius 2 is 2.19 bits per heavy atom. The molecule has 82 valence electrons. The minimum atomic E-state index is -0.146. The monoisotopic (exact) mass is 233 g/mol. The van der Waals surface area contributed by atoms with Crippen LogP contribution in [0.2, 0.25) is 5.02 Å². The van der Waals surface area contributed by atoms with E-state index in [4.69, 9.17) is 17.3 Å². The second-order valence-electron chi connectivity index (χ2n) is 3.57. The fourth-order valence-corrected chi connectivity index (χ4v) is 1.74. The molecule has 2 rings (SSSR count). The van der Waals surface area contributed by atoms with Gasteiger partial charge in [-0.3, -0.25) is 9.97 Å². The molecule has 0 saturated carbocycles. The van der Waals surface area contributed by atoms with E-state index in [1.807, 2.05) is 24.3 Å². The Labute approximate surface area is 99.3 Å². The number of benzene rings is 1. The molecular formula is C12H12ClN3. The van der Waals surface area contributed by atoms with Crippen LogP contribution in [-0.2, 0) is 6.42 Å². The van der Waals surface area contributed by atoms with Crippen LogP contribution in [0.3, 0.4) is 0 Å². The first-order valence-corrected chi connectivity index (χ1v) is 5.39. The Morgan fingerprint density at radius 1 is 1.31 bits per heavy atom. The molecule has 16 heavy (non-hydrogen) atoms. The molecule has 4 heteroatoms. The SMILES string of the molecule is NC(Cc1cccc(Cl)c1)c1cnccn1. The lowest BCUT2D eigenvalue weighted by molar-refractivity contribution is 0.691. The number of hydrogen-bond donors (Lipinski definition) is 1. The topological polar surface area (TPSA) is 51.8 Å². The molecule has 1 unspecified atom stereocenters. The first-order valence-electron chi connectivity index (χ1n) is 5.01. The van der Waals surface area contributed by atoms with Crippen LogP contribution in [0.5, 0.6) is 0 Å². The average Bonchev–Trinajstić information content (AvgIpc) is 2.30. The van der Waals surface area contributed by atoms with Crippen molar-refractivity contribution in [1.29, 1.82) is 0 Å². The summed E-state index contributed by atoms with van der Waals surface area (Å²) < 4.78 is 0. The van der Waals surface area contributed by atoms with Gasteiger partial charge >= 0.3 is 0 Å². The largest absolute Gasteiger partial charge is 0.322 e. The molecule has 0 amide bonds. The van der Waals surface area contributed by atoms with Gasteiger partial charge in [0.25, 0.3) is 0 Å². The lowest BCUT2D eigenvalue weighted by Crippen LogP contribution is -2.15. The highest BCUT2D eigenvalue weighted by molar-refractivity contribution is 6.30. The van der Waals surface area contributed by atoms with E-state index in [0.717, 1.165) is 16.3 Å². The lowest BCUT2D eigenvalue weighted by Gasteiger charge is -2.10. The minimum absolute atomic E-state index is 0.146. The molecule has 0 bridgehead atoms. The Morgan fingerprint density at radius 3 is 2.88 bits per heavy atom. The van der Waals surface area contributed by atoms with Gasteiger partial charge in [-0.25, -0.2) is 0 Å². The summed E-state index contributed by atoms with van der Waals surface area (Å²) in [6.45, 7) is 0. The number of rotatable bonds is 3. The van der Waals surface area contributed by atoms with E-state index in [-0.39, 0.29) is 6.04 Å². The maximum absolute atomic E-state index is 6.03. The number of nitrogens with zero attached hydrogens (tertiary/aromatic N) is 2. The average molecular weight is 234 g/mol. The van der Waals surface area contributed by atoms with Crippen molar-refractivity contribution in [3.05, 3.63) is 59.1 Å². The van der Waals surface area contributed by atoms with Crippen LogP contribution in [0.1, 0.15) is 17.3 Å². The van der Waals surface area contributed by atoms with E-state index >= 15 is 0 Å². The van der Waals surface area contributed by atoms with Crippen LogP contribution in [0, 0.1) is 0 Å². The Bertz CT molecular complexity index is 459. The van der Waals surface area contributed by atoms with Crippen LogP contribution < -0.4 is 5.73 Å². The molecule has 2 aromatic rings. The van der Waals surface area contributed by atoms with Crippen molar-refractivity contribution in [2.24, 2.45) is 5.73 Å². The summed E-state index contributed by atoms with van der Waals surface area (Å²) in [6.07, 6.45) is 5.68. The summed E-state index contributed by atoms with van der Waals surface area (Å²) in [4.78, 5) is 8.17. The second kappa shape index (κ2) is 5.05. The lowest BCUT2D eigenvalue weighted by atomic mass is 10.0. The zero-order valence-electron chi connectivity index (χ0n) is 8.68. The zero-order valence-corrected chi connectivity index (χ0v) is 9.43. The van der Waals surface area contributed by atoms with Gasteiger partial charge in [0.15, 0.2) is 0 Å². The molecule has 1 atom stereocenters. The molecule has 3 nitrogen and oxygen atoms in total. The summed E-state index contributed by atoms with van der Waals surface area (Å²) in [5.41, 5.74) is 7.93. The summed E-state index contributed by atoms with van der Waals surface area (Å²) in [5, 5.41) is 0.726. The van der Waals surface area contributed by atoms with Crippen LogP contribution >= 0.6 is 11.6 Å². The quantitative estimate of drug-likeness (QED) is 0.886. The smallest absolute Gasteiger partial charge is 0.0757 e. The number of halogens is 1. The van der Waals surface area contributed by atoms with Crippen molar-refractivity contribution < 1.29 is 0 Å². The van der Waals surface area contributed by atoms with Gasteiger partial charge in [-0.1, -0.05) is 23.7 Å². The second-order valence-corrected chi connectivity index (χ2v) is 4.01. The van der Waals surface area contributed by atoms with Gasteiger partial charge < -0.3 is 5.73 Å². The maximum atomic E-state index is 6.03. The maximum Gasteiger partial charge on any atom is 0.0757 e. The summed E-state index contributed by atoms with van der Waals surface area (Å²) in [5.74, 6) is 0. The molecule has 0 fully saturated rings. The molecule has 0 radical (unpaired) electrons. The van der Waals surface area contributed by atoms with Crippen LogP contribution in [0.4, 0.5) is 0 Å². The minimum Gasteiger partial charge on any atom is -0.322 e. The number of hydrogen-bond acceptors (Lipinski definition) is 3. The van der Waals surface area contributed by atoms with Crippen molar-refractivity contribution in [2.75, 3.05) is 0 Å². The van der Waals surface area contributed by atoms with Gasteiger partial charge in [0.2, 0.25) is 0 Å². The summed E-state index contributed by atoms with van der Waals surface area (Å²) in [6, 6.07) is 7.53. The molecular weight excluding hydrogens is 222 g/mol. The fraction of sp³-hybridized carbons (Fsp3) is 0.167.